The summed E-state index contributed by atoms with van der Waals surface area (Å²) in [5.41, 5.74) is 2.36. The van der Waals surface area contributed by atoms with Gasteiger partial charge in [-0.05, 0) is 12.5 Å². The lowest BCUT2D eigenvalue weighted by Gasteiger charge is -2.18. The molecule has 4 heteroatoms. The number of aryl methyl sites for hydroxylation is 1. The third-order valence-corrected chi connectivity index (χ3v) is 3.18. The summed E-state index contributed by atoms with van der Waals surface area (Å²) in [6, 6.07) is 10.3. The Labute approximate surface area is 126 Å². The summed E-state index contributed by atoms with van der Waals surface area (Å²) in [6.07, 6.45) is 0. The van der Waals surface area contributed by atoms with Crippen LogP contribution in [0.15, 0.2) is 30.3 Å². The predicted molar refractivity (Wildman–Crippen MR) is 85.8 cm³/mol. The maximum absolute atomic E-state index is 5.27. The summed E-state index contributed by atoms with van der Waals surface area (Å²) < 4.78 is 5.27. The fourth-order valence-corrected chi connectivity index (χ4v) is 1.85. The number of nitrogens with zero attached hydrogens (tertiary/aromatic N) is 2. The van der Waals surface area contributed by atoms with Crippen molar-refractivity contribution in [2.75, 3.05) is 12.4 Å². The van der Waals surface area contributed by atoms with Gasteiger partial charge in [0.05, 0.1) is 7.11 Å². The number of anilines is 1. The molecule has 21 heavy (non-hydrogen) atoms. The van der Waals surface area contributed by atoms with Crippen LogP contribution in [0.1, 0.15) is 37.7 Å². The molecule has 1 aromatic heterocycles. The van der Waals surface area contributed by atoms with Gasteiger partial charge >= 0.3 is 0 Å². The van der Waals surface area contributed by atoms with E-state index in [1.807, 2.05) is 6.07 Å². The van der Waals surface area contributed by atoms with E-state index >= 15 is 0 Å². The Hall–Kier alpha value is -2.10. The molecule has 112 valence electrons. The molecule has 1 aromatic carbocycles. The van der Waals surface area contributed by atoms with E-state index in [2.05, 4.69) is 67.2 Å². The maximum Gasteiger partial charge on any atom is 0.218 e. The molecule has 0 amide bonds. The fourth-order valence-electron chi connectivity index (χ4n) is 1.85. The minimum Gasteiger partial charge on any atom is -0.481 e. The second-order valence-corrected chi connectivity index (χ2v) is 6.21. The highest BCUT2D eigenvalue weighted by atomic mass is 16.5. The largest absolute Gasteiger partial charge is 0.481 e. The smallest absolute Gasteiger partial charge is 0.218 e. The first kappa shape index (κ1) is 15.3. The van der Waals surface area contributed by atoms with Gasteiger partial charge in [-0.2, -0.15) is 4.98 Å². The normalized spacial score (nSPS) is 11.3. The second kappa shape index (κ2) is 6.12. The SMILES string of the molecule is COc1cc(NCc2ccc(C)cc2)nc(C(C)(C)C)n1. The number of ether oxygens (including phenoxy) is 1. The average Bonchev–Trinajstić information content (AvgIpc) is 2.45. The lowest BCUT2D eigenvalue weighted by molar-refractivity contribution is 0.389. The molecule has 0 saturated heterocycles. The summed E-state index contributed by atoms with van der Waals surface area (Å²) in [5, 5.41) is 3.34. The zero-order chi connectivity index (χ0) is 15.5. The van der Waals surface area contributed by atoms with E-state index in [1.54, 1.807) is 7.11 Å². The number of methoxy groups -OCH3 is 1. The summed E-state index contributed by atoms with van der Waals surface area (Å²) in [4.78, 5) is 9.00. The number of aromatic nitrogens is 2. The van der Waals surface area contributed by atoms with Gasteiger partial charge in [0.1, 0.15) is 11.6 Å². The molecule has 4 nitrogen and oxygen atoms in total. The summed E-state index contributed by atoms with van der Waals surface area (Å²) in [6.45, 7) is 9.08. The van der Waals surface area contributed by atoms with Crippen molar-refractivity contribution in [3.8, 4) is 5.88 Å². The highest BCUT2D eigenvalue weighted by Crippen LogP contribution is 2.23. The Morgan fingerprint density at radius 2 is 1.76 bits per heavy atom. The summed E-state index contributed by atoms with van der Waals surface area (Å²) in [5.74, 6) is 2.14. The number of nitrogens with one attached hydrogen (secondary N) is 1. The zero-order valence-electron chi connectivity index (χ0n) is 13.4. The third-order valence-electron chi connectivity index (χ3n) is 3.18. The van der Waals surface area contributed by atoms with Gasteiger partial charge in [-0.1, -0.05) is 50.6 Å². The standard InChI is InChI=1S/C17H23N3O/c1-12-6-8-13(9-7-12)11-18-14-10-15(21-5)20-16(19-14)17(2,3)4/h6-10H,11H2,1-5H3,(H,18,19,20). The first-order valence-corrected chi connectivity index (χ1v) is 7.11. The molecule has 0 spiro atoms. The molecule has 0 fully saturated rings. The Balaban J connectivity index is 2.17. The van der Waals surface area contributed by atoms with Crippen molar-refractivity contribution in [3.63, 3.8) is 0 Å². The molecular weight excluding hydrogens is 262 g/mol. The molecule has 0 saturated carbocycles. The molecule has 1 heterocycles. The first-order valence-electron chi connectivity index (χ1n) is 7.11. The van der Waals surface area contributed by atoms with E-state index in [4.69, 9.17) is 4.74 Å². The van der Waals surface area contributed by atoms with Crippen LogP contribution < -0.4 is 10.1 Å². The van der Waals surface area contributed by atoms with Crippen LogP contribution in [0.4, 0.5) is 5.82 Å². The van der Waals surface area contributed by atoms with E-state index in [1.165, 1.54) is 11.1 Å². The quantitative estimate of drug-likeness (QED) is 0.930. The maximum atomic E-state index is 5.27. The summed E-state index contributed by atoms with van der Waals surface area (Å²) >= 11 is 0. The molecule has 0 aliphatic heterocycles. The van der Waals surface area contributed by atoms with Crippen LogP contribution in [-0.4, -0.2) is 17.1 Å². The molecule has 0 atom stereocenters. The van der Waals surface area contributed by atoms with Gasteiger partial charge in [0, 0.05) is 18.0 Å². The topological polar surface area (TPSA) is 47.0 Å². The molecule has 0 aliphatic carbocycles. The van der Waals surface area contributed by atoms with Crippen molar-refractivity contribution in [2.24, 2.45) is 0 Å². The van der Waals surface area contributed by atoms with Gasteiger partial charge in [0.25, 0.3) is 0 Å². The van der Waals surface area contributed by atoms with Gasteiger partial charge in [0.15, 0.2) is 0 Å². The minimum absolute atomic E-state index is 0.116. The Kier molecular flexibility index (Phi) is 4.46. The minimum atomic E-state index is -0.116. The van der Waals surface area contributed by atoms with E-state index in [9.17, 15) is 0 Å². The zero-order valence-corrected chi connectivity index (χ0v) is 13.4. The highest BCUT2D eigenvalue weighted by Gasteiger charge is 2.19. The number of rotatable bonds is 4. The Morgan fingerprint density at radius 1 is 1.10 bits per heavy atom. The van der Waals surface area contributed by atoms with Crippen LogP contribution >= 0.6 is 0 Å². The van der Waals surface area contributed by atoms with E-state index in [0.29, 0.717) is 5.88 Å². The van der Waals surface area contributed by atoms with E-state index < -0.39 is 0 Å². The predicted octanol–water partition coefficient (Wildman–Crippen LogP) is 3.70. The lowest BCUT2D eigenvalue weighted by Crippen LogP contribution is -2.17. The molecular formula is C17H23N3O. The number of hydrogen-bond acceptors (Lipinski definition) is 4. The van der Waals surface area contributed by atoms with E-state index in [-0.39, 0.29) is 5.41 Å². The molecule has 0 bridgehead atoms. The van der Waals surface area contributed by atoms with Crippen molar-refractivity contribution in [1.82, 2.24) is 9.97 Å². The molecule has 0 unspecified atom stereocenters. The van der Waals surface area contributed by atoms with Crippen LogP contribution in [0.2, 0.25) is 0 Å². The van der Waals surface area contributed by atoms with Gasteiger partial charge in [-0.25, -0.2) is 4.98 Å². The lowest BCUT2D eigenvalue weighted by atomic mass is 9.96. The monoisotopic (exact) mass is 285 g/mol. The van der Waals surface area contributed by atoms with Gasteiger partial charge in [-0.15, -0.1) is 0 Å². The van der Waals surface area contributed by atoms with Crippen LogP contribution in [0.3, 0.4) is 0 Å². The van der Waals surface area contributed by atoms with Crippen LogP contribution in [0.5, 0.6) is 5.88 Å². The third kappa shape index (κ3) is 4.18. The highest BCUT2D eigenvalue weighted by molar-refractivity contribution is 5.40. The molecule has 1 N–H and O–H groups in total. The number of benzene rings is 1. The van der Waals surface area contributed by atoms with Crippen molar-refractivity contribution in [2.45, 2.75) is 39.7 Å². The molecule has 0 aliphatic rings. The fraction of sp³-hybridized carbons (Fsp3) is 0.412. The number of hydrogen-bond donors (Lipinski definition) is 1. The van der Waals surface area contributed by atoms with Crippen LogP contribution in [-0.2, 0) is 12.0 Å². The van der Waals surface area contributed by atoms with Gasteiger partial charge < -0.3 is 10.1 Å². The van der Waals surface area contributed by atoms with Crippen molar-refractivity contribution in [3.05, 3.63) is 47.3 Å². The van der Waals surface area contributed by atoms with Gasteiger partial charge in [0.2, 0.25) is 5.88 Å². The first-order chi connectivity index (χ1) is 9.88. The second-order valence-electron chi connectivity index (χ2n) is 6.21. The molecule has 0 radical (unpaired) electrons. The van der Waals surface area contributed by atoms with Crippen LogP contribution in [0, 0.1) is 6.92 Å². The van der Waals surface area contributed by atoms with E-state index in [0.717, 1.165) is 18.2 Å². The summed E-state index contributed by atoms with van der Waals surface area (Å²) in [7, 11) is 1.62. The average molecular weight is 285 g/mol. The van der Waals surface area contributed by atoms with Crippen molar-refractivity contribution in [1.29, 1.82) is 0 Å². The Bertz CT molecular complexity index is 600. The van der Waals surface area contributed by atoms with Gasteiger partial charge in [-0.3, -0.25) is 0 Å². The van der Waals surface area contributed by atoms with Crippen molar-refractivity contribution >= 4 is 5.82 Å². The molecule has 2 rings (SSSR count). The van der Waals surface area contributed by atoms with Crippen molar-refractivity contribution < 1.29 is 4.74 Å². The Morgan fingerprint density at radius 3 is 2.33 bits per heavy atom. The molecule has 2 aromatic rings. The van der Waals surface area contributed by atoms with Crippen LogP contribution in [0.25, 0.3) is 0 Å².